The molecule has 9 heteroatoms. The van der Waals surface area contributed by atoms with E-state index in [1.165, 1.54) is 12.1 Å². The highest BCUT2D eigenvalue weighted by molar-refractivity contribution is 5.91. The van der Waals surface area contributed by atoms with Crippen molar-refractivity contribution in [3.63, 3.8) is 0 Å². The summed E-state index contributed by atoms with van der Waals surface area (Å²) in [4.78, 5) is 28.4. The summed E-state index contributed by atoms with van der Waals surface area (Å²) >= 11 is 0. The third kappa shape index (κ3) is 5.79. The van der Waals surface area contributed by atoms with Crippen molar-refractivity contribution in [1.29, 1.82) is 0 Å². The Bertz CT molecular complexity index is 896. The Labute approximate surface area is 175 Å². The van der Waals surface area contributed by atoms with Crippen LogP contribution in [0.5, 0.6) is 0 Å². The van der Waals surface area contributed by atoms with Crippen LogP contribution in [0, 0.1) is 12.7 Å². The van der Waals surface area contributed by atoms with Crippen molar-refractivity contribution in [2.75, 3.05) is 38.0 Å². The number of rotatable bonds is 4. The number of benzene rings is 1. The van der Waals surface area contributed by atoms with E-state index in [9.17, 15) is 14.0 Å². The zero-order valence-corrected chi connectivity index (χ0v) is 17.8. The van der Waals surface area contributed by atoms with E-state index in [0.717, 1.165) is 5.69 Å². The Balaban J connectivity index is 1.55. The third-order valence-corrected chi connectivity index (χ3v) is 4.56. The third-order valence-electron chi connectivity index (χ3n) is 4.56. The zero-order chi connectivity index (χ0) is 21.9. The highest BCUT2D eigenvalue weighted by atomic mass is 19.1. The number of halogens is 1. The summed E-state index contributed by atoms with van der Waals surface area (Å²) in [5.74, 6) is 0.0132. The van der Waals surface area contributed by atoms with E-state index < -0.39 is 5.60 Å². The predicted octanol–water partition coefficient (Wildman–Crippen LogP) is 2.81. The molecule has 0 unspecified atom stereocenters. The molecule has 0 atom stereocenters. The Morgan fingerprint density at radius 3 is 2.37 bits per heavy atom. The first kappa shape index (κ1) is 21.8. The van der Waals surface area contributed by atoms with Crippen molar-refractivity contribution in [1.82, 2.24) is 19.6 Å². The van der Waals surface area contributed by atoms with E-state index in [1.54, 1.807) is 27.8 Å². The van der Waals surface area contributed by atoms with Gasteiger partial charge in [0.2, 0.25) is 5.91 Å². The maximum absolute atomic E-state index is 13.2. The zero-order valence-electron chi connectivity index (χ0n) is 17.8. The van der Waals surface area contributed by atoms with Crippen molar-refractivity contribution in [2.24, 2.45) is 0 Å². The van der Waals surface area contributed by atoms with E-state index in [0.29, 0.717) is 37.7 Å². The van der Waals surface area contributed by atoms with Gasteiger partial charge in [0.25, 0.3) is 0 Å². The van der Waals surface area contributed by atoms with E-state index in [4.69, 9.17) is 4.74 Å². The minimum absolute atomic E-state index is 0.177. The molecule has 1 saturated heterocycles. The van der Waals surface area contributed by atoms with Crippen LogP contribution < -0.4 is 5.32 Å². The number of hydrogen-bond acceptors (Lipinski definition) is 5. The molecule has 1 aliphatic heterocycles. The molecular weight excluding hydrogens is 389 g/mol. The topological polar surface area (TPSA) is 79.7 Å². The fourth-order valence-corrected chi connectivity index (χ4v) is 3.17. The van der Waals surface area contributed by atoms with Crippen LogP contribution in [-0.2, 0) is 9.53 Å². The first-order valence-corrected chi connectivity index (χ1v) is 9.93. The lowest BCUT2D eigenvalue weighted by Crippen LogP contribution is -2.51. The SMILES string of the molecule is Cc1cc(NC(=O)CN2CCN(C(=O)OC(C)(C)C)CC2)n(-c2ccc(F)cc2)n1. The minimum atomic E-state index is -0.528. The van der Waals surface area contributed by atoms with Crippen molar-refractivity contribution < 1.29 is 18.7 Å². The van der Waals surface area contributed by atoms with Gasteiger partial charge in [-0.15, -0.1) is 0 Å². The van der Waals surface area contributed by atoms with Crippen LogP contribution in [-0.4, -0.2) is 69.9 Å². The van der Waals surface area contributed by atoms with Crippen LogP contribution >= 0.6 is 0 Å². The van der Waals surface area contributed by atoms with Crippen molar-refractivity contribution in [3.8, 4) is 5.69 Å². The molecule has 8 nitrogen and oxygen atoms in total. The minimum Gasteiger partial charge on any atom is -0.444 e. The number of ether oxygens (including phenoxy) is 1. The maximum Gasteiger partial charge on any atom is 0.410 e. The number of anilines is 1. The first-order chi connectivity index (χ1) is 14.1. The molecule has 0 bridgehead atoms. The number of hydrogen-bond donors (Lipinski definition) is 1. The van der Waals surface area contributed by atoms with Gasteiger partial charge < -0.3 is 15.0 Å². The average molecular weight is 417 g/mol. The van der Waals surface area contributed by atoms with Gasteiger partial charge in [0.1, 0.15) is 17.2 Å². The lowest BCUT2D eigenvalue weighted by atomic mass is 10.2. The molecule has 162 valence electrons. The van der Waals surface area contributed by atoms with Gasteiger partial charge >= 0.3 is 6.09 Å². The number of aromatic nitrogens is 2. The summed E-state index contributed by atoms with van der Waals surface area (Å²) in [5.41, 5.74) is 0.867. The van der Waals surface area contributed by atoms with Crippen LogP contribution in [0.2, 0.25) is 0 Å². The molecule has 2 amide bonds. The molecule has 2 heterocycles. The number of piperazine rings is 1. The number of aryl methyl sites for hydroxylation is 1. The molecule has 0 saturated carbocycles. The van der Waals surface area contributed by atoms with Gasteiger partial charge in [-0.1, -0.05) is 0 Å². The number of nitrogens with zero attached hydrogens (tertiary/aromatic N) is 4. The smallest absolute Gasteiger partial charge is 0.410 e. The summed E-state index contributed by atoms with van der Waals surface area (Å²) < 4.78 is 20.2. The quantitative estimate of drug-likeness (QED) is 0.828. The molecule has 1 aromatic carbocycles. The summed E-state index contributed by atoms with van der Waals surface area (Å²) in [6.07, 6.45) is -0.328. The Hall–Kier alpha value is -2.94. The maximum atomic E-state index is 13.2. The van der Waals surface area contributed by atoms with Gasteiger partial charge in [-0.2, -0.15) is 5.10 Å². The van der Waals surface area contributed by atoms with Crippen molar-refractivity contribution in [2.45, 2.75) is 33.3 Å². The molecule has 1 aromatic heterocycles. The van der Waals surface area contributed by atoms with E-state index in [-0.39, 0.29) is 24.4 Å². The van der Waals surface area contributed by atoms with Gasteiger partial charge in [0.15, 0.2) is 0 Å². The second kappa shape index (κ2) is 8.83. The number of carbonyl (C=O) groups is 2. The molecule has 30 heavy (non-hydrogen) atoms. The molecule has 2 aromatic rings. The second-order valence-electron chi connectivity index (χ2n) is 8.35. The van der Waals surface area contributed by atoms with Gasteiger partial charge in [-0.3, -0.25) is 9.69 Å². The van der Waals surface area contributed by atoms with Crippen molar-refractivity contribution >= 4 is 17.8 Å². The Kier molecular flexibility index (Phi) is 6.40. The van der Waals surface area contributed by atoms with Gasteiger partial charge in [0, 0.05) is 32.2 Å². The molecule has 0 radical (unpaired) electrons. The molecule has 1 N–H and O–H groups in total. The molecule has 1 aliphatic rings. The van der Waals surface area contributed by atoms with Crippen molar-refractivity contribution in [3.05, 3.63) is 41.8 Å². The van der Waals surface area contributed by atoms with E-state index in [2.05, 4.69) is 10.4 Å². The van der Waals surface area contributed by atoms with E-state index >= 15 is 0 Å². The summed E-state index contributed by atoms with van der Waals surface area (Å²) in [6, 6.07) is 7.67. The van der Waals surface area contributed by atoms with Crippen LogP contribution in [0.1, 0.15) is 26.5 Å². The number of amides is 2. The van der Waals surface area contributed by atoms with Crippen LogP contribution in [0.3, 0.4) is 0 Å². The lowest BCUT2D eigenvalue weighted by Gasteiger charge is -2.35. The second-order valence-corrected chi connectivity index (χ2v) is 8.35. The molecular formula is C21H28FN5O3. The fraction of sp³-hybridized carbons (Fsp3) is 0.476. The summed E-state index contributed by atoms with van der Waals surface area (Å²) in [7, 11) is 0. The average Bonchev–Trinajstić information content (AvgIpc) is 3.01. The normalized spacial score (nSPS) is 15.2. The highest BCUT2D eigenvalue weighted by Crippen LogP contribution is 2.18. The first-order valence-electron chi connectivity index (χ1n) is 9.93. The molecule has 0 spiro atoms. The molecule has 1 fully saturated rings. The largest absolute Gasteiger partial charge is 0.444 e. The predicted molar refractivity (Wildman–Crippen MR) is 111 cm³/mol. The van der Waals surface area contributed by atoms with Gasteiger partial charge in [0.05, 0.1) is 17.9 Å². The molecule has 0 aliphatic carbocycles. The number of nitrogens with one attached hydrogen (secondary N) is 1. The van der Waals surface area contributed by atoms with Gasteiger partial charge in [-0.25, -0.2) is 13.9 Å². The fourth-order valence-electron chi connectivity index (χ4n) is 3.17. The Morgan fingerprint density at radius 1 is 1.13 bits per heavy atom. The summed E-state index contributed by atoms with van der Waals surface area (Å²) in [6.45, 7) is 9.73. The van der Waals surface area contributed by atoms with Crippen LogP contribution in [0.25, 0.3) is 5.69 Å². The standard InChI is InChI=1S/C21H28FN5O3/c1-15-13-18(27(24-15)17-7-5-16(22)6-8-17)23-19(28)14-25-9-11-26(12-10-25)20(29)30-21(2,3)4/h5-8,13H,9-12,14H2,1-4H3,(H,23,28). The summed E-state index contributed by atoms with van der Waals surface area (Å²) in [5, 5.41) is 7.25. The van der Waals surface area contributed by atoms with Crippen LogP contribution in [0.15, 0.2) is 30.3 Å². The molecule has 3 rings (SSSR count). The Morgan fingerprint density at radius 2 is 1.77 bits per heavy atom. The lowest BCUT2D eigenvalue weighted by molar-refractivity contribution is -0.117. The monoisotopic (exact) mass is 417 g/mol. The number of carbonyl (C=O) groups excluding carboxylic acids is 2. The van der Waals surface area contributed by atoms with E-state index in [1.807, 2.05) is 32.6 Å². The van der Waals surface area contributed by atoms with Crippen LogP contribution in [0.4, 0.5) is 15.0 Å². The van der Waals surface area contributed by atoms with Gasteiger partial charge in [-0.05, 0) is 52.0 Å². The highest BCUT2D eigenvalue weighted by Gasteiger charge is 2.26.